The first-order chi connectivity index (χ1) is 15.6. The van der Waals surface area contributed by atoms with Crippen LogP contribution in [-0.2, 0) is 20.9 Å². The number of fused-ring (bicyclic) bond motifs is 3. The largest absolute Gasteiger partial charge is 0.527 e. The molecule has 0 saturated heterocycles. The molecule has 0 amide bonds. The summed E-state index contributed by atoms with van der Waals surface area (Å²) in [6.45, 7) is -0.690. The van der Waals surface area contributed by atoms with E-state index in [-0.39, 0.29) is 19.1 Å². The fourth-order valence-corrected chi connectivity index (χ4v) is 3.97. The van der Waals surface area contributed by atoms with Crippen molar-refractivity contribution in [1.82, 2.24) is 5.06 Å². The van der Waals surface area contributed by atoms with Crippen molar-refractivity contribution in [3.05, 3.63) is 95.6 Å². The van der Waals surface area contributed by atoms with E-state index in [1.165, 1.54) is 0 Å². The van der Waals surface area contributed by atoms with Crippen LogP contribution in [0.5, 0.6) is 0 Å². The van der Waals surface area contributed by atoms with Gasteiger partial charge >= 0.3 is 12.1 Å². The molecule has 4 rings (SSSR count). The Kier molecular flexibility index (Phi) is 6.49. The average Bonchev–Trinajstić information content (AvgIpc) is 3.12. The molecule has 3 aromatic carbocycles. The van der Waals surface area contributed by atoms with Crippen LogP contribution < -0.4 is 0 Å². The second-order valence-electron chi connectivity index (χ2n) is 7.48. The van der Waals surface area contributed by atoms with Gasteiger partial charge in [-0.3, -0.25) is 4.79 Å². The molecule has 3 aromatic rings. The number of ether oxygens (including phenoxy) is 1. The highest BCUT2D eigenvalue weighted by molar-refractivity contribution is 5.79. The molecule has 0 aliphatic heterocycles. The zero-order valence-electron chi connectivity index (χ0n) is 17.3. The van der Waals surface area contributed by atoms with Crippen LogP contribution in [-0.4, -0.2) is 46.7 Å². The Balaban J connectivity index is 1.47. The van der Waals surface area contributed by atoms with Gasteiger partial charge in [-0.2, -0.15) is 0 Å². The predicted octanol–water partition coefficient (Wildman–Crippen LogP) is 3.81. The molecule has 7 heteroatoms. The lowest BCUT2D eigenvalue weighted by Gasteiger charge is -2.25. The summed E-state index contributed by atoms with van der Waals surface area (Å²) in [5.74, 6) is -1.46. The van der Waals surface area contributed by atoms with Crippen molar-refractivity contribution < 1.29 is 29.4 Å². The number of aliphatic hydroxyl groups is 1. The smallest absolute Gasteiger partial charge is 0.480 e. The van der Waals surface area contributed by atoms with Crippen molar-refractivity contribution >= 4 is 12.1 Å². The van der Waals surface area contributed by atoms with Gasteiger partial charge in [-0.25, -0.2) is 4.79 Å². The van der Waals surface area contributed by atoms with Crippen LogP contribution in [0.3, 0.4) is 0 Å². The first-order valence-electron chi connectivity index (χ1n) is 10.3. The second-order valence-corrected chi connectivity index (χ2v) is 7.48. The van der Waals surface area contributed by atoms with E-state index < -0.39 is 24.8 Å². The monoisotopic (exact) mass is 433 g/mol. The third-order valence-corrected chi connectivity index (χ3v) is 5.51. The van der Waals surface area contributed by atoms with E-state index in [0.717, 1.165) is 32.9 Å². The maximum Gasteiger partial charge on any atom is 0.527 e. The van der Waals surface area contributed by atoms with Gasteiger partial charge in [0.15, 0.2) is 6.04 Å². The molecule has 2 N–H and O–H groups in total. The molecule has 32 heavy (non-hydrogen) atoms. The molecule has 0 saturated carbocycles. The number of carbonyl (C=O) groups is 2. The standard InChI is InChI=1S/C25H23NO6/c27-15-23(24(28)29)26(14-17-8-2-1-3-9-17)32-25(30)31-16-22-20-12-6-4-10-18(20)19-11-5-7-13-21(19)22/h1-13,22-23,27H,14-16H2,(H,28,29)/t23-/m0/s1. The van der Waals surface area contributed by atoms with Gasteiger partial charge in [0.1, 0.15) is 6.61 Å². The third kappa shape index (κ3) is 4.49. The number of carbonyl (C=O) groups excluding carboxylic acids is 1. The van der Waals surface area contributed by atoms with Crippen molar-refractivity contribution in [2.75, 3.05) is 13.2 Å². The summed E-state index contributed by atoms with van der Waals surface area (Å²) in [7, 11) is 0. The molecule has 1 aliphatic carbocycles. The number of benzene rings is 3. The number of aliphatic carboxylic acids is 1. The van der Waals surface area contributed by atoms with E-state index in [2.05, 4.69) is 0 Å². The zero-order chi connectivity index (χ0) is 22.5. The van der Waals surface area contributed by atoms with Crippen LogP contribution >= 0.6 is 0 Å². The number of carboxylic acid groups (broad SMARTS) is 1. The van der Waals surface area contributed by atoms with E-state index in [9.17, 15) is 19.8 Å². The summed E-state index contributed by atoms with van der Waals surface area (Å²) in [4.78, 5) is 29.3. The van der Waals surface area contributed by atoms with E-state index >= 15 is 0 Å². The molecule has 0 spiro atoms. The van der Waals surface area contributed by atoms with Crippen molar-refractivity contribution in [2.24, 2.45) is 0 Å². The van der Waals surface area contributed by atoms with E-state index in [4.69, 9.17) is 9.57 Å². The van der Waals surface area contributed by atoms with Crippen molar-refractivity contribution in [3.63, 3.8) is 0 Å². The summed E-state index contributed by atoms with van der Waals surface area (Å²) in [6, 6.07) is 23.4. The van der Waals surface area contributed by atoms with Gasteiger partial charge in [-0.05, 0) is 27.8 Å². The van der Waals surface area contributed by atoms with Gasteiger partial charge in [0.05, 0.1) is 13.2 Å². The number of aliphatic hydroxyl groups excluding tert-OH is 1. The zero-order valence-corrected chi connectivity index (χ0v) is 17.3. The minimum Gasteiger partial charge on any atom is -0.480 e. The average molecular weight is 433 g/mol. The molecule has 164 valence electrons. The third-order valence-electron chi connectivity index (χ3n) is 5.51. The van der Waals surface area contributed by atoms with Crippen LogP contribution in [0.2, 0.25) is 0 Å². The Hall–Kier alpha value is -3.68. The molecule has 0 unspecified atom stereocenters. The minimum absolute atomic E-state index is 0.0113. The van der Waals surface area contributed by atoms with Crippen LogP contribution in [0.25, 0.3) is 11.1 Å². The summed E-state index contributed by atoms with van der Waals surface area (Å²) >= 11 is 0. The van der Waals surface area contributed by atoms with Crippen molar-refractivity contribution in [2.45, 2.75) is 18.5 Å². The fraction of sp³-hybridized carbons (Fsp3) is 0.200. The van der Waals surface area contributed by atoms with E-state index in [1.54, 1.807) is 24.3 Å². The van der Waals surface area contributed by atoms with Crippen LogP contribution in [0.4, 0.5) is 4.79 Å². The Bertz CT molecular complexity index is 1050. The maximum atomic E-state index is 12.5. The number of rotatable bonds is 8. The number of hydroxylamine groups is 2. The lowest BCUT2D eigenvalue weighted by atomic mass is 9.98. The first-order valence-corrected chi connectivity index (χ1v) is 10.3. The molecular weight excluding hydrogens is 410 g/mol. The van der Waals surface area contributed by atoms with Gasteiger partial charge in [-0.1, -0.05) is 78.9 Å². The molecule has 0 heterocycles. The van der Waals surface area contributed by atoms with Crippen LogP contribution in [0.15, 0.2) is 78.9 Å². The van der Waals surface area contributed by atoms with Gasteiger partial charge in [0.2, 0.25) is 0 Å². The highest BCUT2D eigenvalue weighted by Crippen LogP contribution is 2.44. The number of nitrogens with zero attached hydrogens (tertiary/aromatic N) is 1. The van der Waals surface area contributed by atoms with E-state index in [1.807, 2.05) is 54.6 Å². The summed E-state index contributed by atoms with van der Waals surface area (Å²) in [6.07, 6.45) is -1.03. The van der Waals surface area contributed by atoms with Gasteiger partial charge < -0.3 is 19.8 Å². The van der Waals surface area contributed by atoms with Gasteiger partial charge in [0.25, 0.3) is 0 Å². The van der Waals surface area contributed by atoms with Crippen LogP contribution in [0, 0.1) is 0 Å². The highest BCUT2D eigenvalue weighted by atomic mass is 16.8. The molecule has 1 aliphatic rings. The second kappa shape index (κ2) is 9.64. The predicted molar refractivity (Wildman–Crippen MR) is 117 cm³/mol. The molecule has 0 bridgehead atoms. The molecule has 0 fully saturated rings. The lowest BCUT2D eigenvalue weighted by molar-refractivity contribution is -0.187. The Morgan fingerprint density at radius 3 is 2.00 bits per heavy atom. The molecule has 0 radical (unpaired) electrons. The van der Waals surface area contributed by atoms with E-state index in [0.29, 0.717) is 0 Å². The summed E-state index contributed by atoms with van der Waals surface area (Å²) in [5, 5.41) is 19.9. The Morgan fingerprint density at radius 2 is 1.44 bits per heavy atom. The molecule has 0 aromatic heterocycles. The minimum atomic E-state index is -1.42. The normalized spacial score (nSPS) is 13.3. The first kappa shape index (κ1) is 21.5. The summed E-state index contributed by atoms with van der Waals surface area (Å²) < 4.78 is 5.40. The van der Waals surface area contributed by atoms with Gasteiger partial charge in [-0.15, -0.1) is 5.06 Å². The van der Waals surface area contributed by atoms with Crippen LogP contribution in [0.1, 0.15) is 22.6 Å². The maximum absolute atomic E-state index is 12.5. The Morgan fingerprint density at radius 1 is 0.875 bits per heavy atom. The van der Waals surface area contributed by atoms with Crippen molar-refractivity contribution in [1.29, 1.82) is 0 Å². The molecule has 1 atom stereocenters. The van der Waals surface area contributed by atoms with Gasteiger partial charge in [0, 0.05) is 5.92 Å². The lowest BCUT2D eigenvalue weighted by Crippen LogP contribution is -2.44. The summed E-state index contributed by atoms with van der Waals surface area (Å²) in [5.41, 5.74) is 5.03. The quantitative estimate of drug-likeness (QED) is 0.412. The SMILES string of the molecule is O=C(OCC1c2ccccc2-c2ccccc21)ON(Cc1ccccc1)[C@@H](CO)C(=O)O. The molecule has 7 nitrogen and oxygen atoms in total. The Labute approximate surface area is 185 Å². The molecular formula is C25H23NO6. The number of hydrogen-bond donors (Lipinski definition) is 2. The highest BCUT2D eigenvalue weighted by Gasteiger charge is 2.32. The fourth-order valence-electron chi connectivity index (χ4n) is 3.97. The topological polar surface area (TPSA) is 96.3 Å². The number of carboxylic acids is 1. The van der Waals surface area contributed by atoms with Crippen molar-refractivity contribution in [3.8, 4) is 11.1 Å². The number of hydrogen-bond acceptors (Lipinski definition) is 6.